The van der Waals surface area contributed by atoms with Crippen molar-refractivity contribution in [2.75, 3.05) is 19.0 Å². The molecule has 0 amide bonds. The van der Waals surface area contributed by atoms with Crippen LogP contribution < -0.4 is 0 Å². The van der Waals surface area contributed by atoms with E-state index in [9.17, 15) is 14.4 Å². The second-order valence-electron chi connectivity index (χ2n) is 9.70. The Balaban J connectivity index is 1.62. The number of hydrogen-bond acceptors (Lipinski definition) is 8. The molecule has 0 aliphatic carbocycles. The van der Waals surface area contributed by atoms with Crippen LogP contribution >= 0.6 is 15.9 Å². The fourth-order valence-electron chi connectivity index (χ4n) is 4.27. The zero-order chi connectivity index (χ0) is 28.9. The first-order valence-corrected chi connectivity index (χ1v) is 13.9. The molecule has 0 bridgehead atoms. The van der Waals surface area contributed by atoms with Gasteiger partial charge in [-0.05, 0) is 57.2 Å². The van der Waals surface area contributed by atoms with E-state index in [-0.39, 0.29) is 11.9 Å². The van der Waals surface area contributed by atoms with Crippen molar-refractivity contribution in [3.63, 3.8) is 0 Å². The Hall–Kier alpha value is -3.53. The Morgan fingerprint density at radius 3 is 1.57 bits per heavy atom. The molecule has 1 heterocycles. The van der Waals surface area contributed by atoms with Crippen LogP contribution in [0.4, 0.5) is 0 Å². The fourth-order valence-corrected chi connectivity index (χ4v) is 4.95. The topological polar surface area (TPSA) is 97.4 Å². The van der Waals surface area contributed by atoms with Crippen molar-refractivity contribution in [2.45, 2.75) is 44.9 Å². The van der Waals surface area contributed by atoms with E-state index in [1.54, 1.807) is 72.8 Å². The summed E-state index contributed by atoms with van der Waals surface area (Å²) in [6.07, 6.45) is -3.35. The van der Waals surface area contributed by atoms with Gasteiger partial charge in [-0.25, -0.2) is 14.4 Å². The van der Waals surface area contributed by atoms with Crippen molar-refractivity contribution in [2.24, 2.45) is 0 Å². The normalized spacial score (nSPS) is 22.0. The summed E-state index contributed by atoms with van der Waals surface area (Å²) < 4.78 is 29.2. The molecule has 0 spiro atoms. The number of aryl methyl sites for hydroxylation is 3. The first-order chi connectivity index (χ1) is 19.2. The highest BCUT2D eigenvalue weighted by Crippen LogP contribution is 2.38. The second-order valence-corrected chi connectivity index (χ2v) is 10.3. The highest BCUT2D eigenvalue weighted by atomic mass is 79.9. The van der Waals surface area contributed by atoms with Crippen LogP contribution in [-0.4, -0.2) is 61.1 Å². The van der Waals surface area contributed by atoms with Gasteiger partial charge in [-0.1, -0.05) is 69.0 Å². The molecule has 40 heavy (non-hydrogen) atoms. The molecule has 210 valence electrons. The average Bonchev–Trinajstić information content (AvgIpc) is 3.24. The maximum absolute atomic E-state index is 13.2. The molecular formula is C31H31BrO8. The Morgan fingerprint density at radius 2 is 1.15 bits per heavy atom. The molecule has 9 heteroatoms. The summed E-state index contributed by atoms with van der Waals surface area (Å²) in [4.78, 5) is 39.1. The number of carbonyl (C=O) groups excluding carboxylic acids is 3. The monoisotopic (exact) mass is 610 g/mol. The van der Waals surface area contributed by atoms with Gasteiger partial charge in [-0.15, -0.1) is 0 Å². The molecule has 4 atom stereocenters. The average molecular weight is 611 g/mol. The second kappa shape index (κ2) is 12.8. The minimum Gasteiger partial charge on any atom is -0.459 e. The minimum atomic E-state index is -1.53. The summed E-state index contributed by atoms with van der Waals surface area (Å²) in [7, 11) is 1.40. The van der Waals surface area contributed by atoms with Crippen molar-refractivity contribution >= 4 is 33.8 Å². The van der Waals surface area contributed by atoms with Crippen LogP contribution in [0.1, 0.15) is 47.8 Å². The highest BCUT2D eigenvalue weighted by Gasteiger charge is 2.60. The van der Waals surface area contributed by atoms with Crippen molar-refractivity contribution < 1.29 is 38.1 Å². The number of esters is 3. The Kier molecular flexibility index (Phi) is 9.40. The molecular weight excluding hydrogens is 580 g/mol. The molecule has 3 aromatic carbocycles. The predicted octanol–water partition coefficient (Wildman–Crippen LogP) is 5.36. The third-order valence-corrected chi connectivity index (χ3v) is 7.48. The predicted molar refractivity (Wildman–Crippen MR) is 151 cm³/mol. The van der Waals surface area contributed by atoms with E-state index < -0.39 is 42.0 Å². The van der Waals surface area contributed by atoms with Gasteiger partial charge in [-0.2, -0.15) is 0 Å². The van der Waals surface area contributed by atoms with Crippen molar-refractivity contribution in [3.05, 3.63) is 106 Å². The lowest BCUT2D eigenvalue weighted by Crippen LogP contribution is -2.50. The van der Waals surface area contributed by atoms with Gasteiger partial charge >= 0.3 is 17.9 Å². The third-order valence-electron chi connectivity index (χ3n) is 6.70. The van der Waals surface area contributed by atoms with Gasteiger partial charge in [0.05, 0.1) is 22.0 Å². The molecule has 1 fully saturated rings. The van der Waals surface area contributed by atoms with E-state index in [2.05, 4.69) is 15.9 Å². The number of carbonyl (C=O) groups is 3. The van der Waals surface area contributed by atoms with E-state index in [0.29, 0.717) is 16.7 Å². The smallest absolute Gasteiger partial charge is 0.338 e. The summed E-state index contributed by atoms with van der Waals surface area (Å²) in [5, 5.41) is 0.0728. The van der Waals surface area contributed by atoms with E-state index in [0.717, 1.165) is 16.7 Å². The van der Waals surface area contributed by atoms with Gasteiger partial charge in [-0.3, -0.25) is 0 Å². The van der Waals surface area contributed by atoms with Crippen LogP contribution in [0.5, 0.6) is 0 Å². The minimum absolute atomic E-state index is 0.0728. The maximum atomic E-state index is 13.2. The molecule has 0 radical (unpaired) electrons. The summed E-state index contributed by atoms with van der Waals surface area (Å²) in [6.45, 7) is 5.44. The van der Waals surface area contributed by atoms with E-state index in [4.69, 9.17) is 23.7 Å². The van der Waals surface area contributed by atoms with Crippen LogP contribution in [0.3, 0.4) is 0 Å². The van der Waals surface area contributed by atoms with Crippen LogP contribution in [0.25, 0.3) is 0 Å². The number of hydrogen-bond donors (Lipinski definition) is 0. The molecule has 0 N–H and O–H groups in total. The Labute approximate surface area is 241 Å². The summed E-state index contributed by atoms with van der Waals surface area (Å²) in [5.74, 6) is -3.40. The number of rotatable bonds is 9. The van der Waals surface area contributed by atoms with E-state index >= 15 is 0 Å². The number of alkyl halides is 1. The maximum Gasteiger partial charge on any atom is 0.338 e. The van der Waals surface area contributed by atoms with Crippen LogP contribution in [0.15, 0.2) is 72.8 Å². The standard InChI is InChI=1S/C31H31BrO8/c1-19-5-11-22(12-6-19)28(33)37-17-25-26(38-29(34)23-13-7-20(2)8-14-23)27(31(18-32,36-4)40-25)39-30(35)24-15-9-21(3)10-16-24/h5-16,25-27H,17-18H2,1-4H3/t25-,26+,27-,31+/m0/s1. The van der Waals surface area contributed by atoms with Gasteiger partial charge in [0.1, 0.15) is 12.7 Å². The number of methoxy groups -OCH3 is 1. The first-order valence-electron chi connectivity index (χ1n) is 12.7. The number of halogens is 1. The Morgan fingerprint density at radius 1 is 0.725 bits per heavy atom. The molecule has 1 aliphatic rings. The fraction of sp³-hybridized carbons (Fsp3) is 0.323. The molecule has 0 aromatic heterocycles. The molecule has 3 aromatic rings. The lowest BCUT2D eigenvalue weighted by atomic mass is 10.0. The molecule has 0 saturated carbocycles. The van der Waals surface area contributed by atoms with Crippen LogP contribution in [0.2, 0.25) is 0 Å². The van der Waals surface area contributed by atoms with E-state index in [1.807, 2.05) is 20.8 Å². The summed E-state index contributed by atoms with van der Waals surface area (Å²) in [6, 6.07) is 20.6. The molecule has 1 aliphatic heterocycles. The zero-order valence-corrected chi connectivity index (χ0v) is 24.3. The SMILES string of the molecule is CO[C@]1(CBr)O[C@@H](COC(=O)c2ccc(C)cc2)[C@@H](OC(=O)c2ccc(C)cc2)[C@@H]1OC(=O)c1ccc(C)cc1. The lowest BCUT2D eigenvalue weighted by Gasteiger charge is -2.31. The Bertz CT molecular complexity index is 1330. The van der Waals surface area contributed by atoms with Crippen molar-refractivity contribution in [1.82, 2.24) is 0 Å². The van der Waals surface area contributed by atoms with Gasteiger partial charge in [0.15, 0.2) is 12.2 Å². The van der Waals surface area contributed by atoms with Gasteiger partial charge in [0, 0.05) is 7.11 Å². The number of ether oxygens (including phenoxy) is 5. The van der Waals surface area contributed by atoms with Gasteiger partial charge in [0.25, 0.3) is 0 Å². The summed E-state index contributed by atoms with van der Waals surface area (Å²) in [5.41, 5.74) is 3.93. The highest BCUT2D eigenvalue weighted by molar-refractivity contribution is 9.09. The van der Waals surface area contributed by atoms with Gasteiger partial charge in [0.2, 0.25) is 5.79 Å². The quantitative estimate of drug-likeness (QED) is 0.181. The molecule has 1 saturated heterocycles. The first kappa shape index (κ1) is 29.5. The molecule has 0 unspecified atom stereocenters. The lowest BCUT2D eigenvalue weighted by molar-refractivity contribution is -0.230. The molecule has 4 rings (SSSR count). The summed E-state index contributed by atoms with van der Waals surface area (Å²) >= 11 is 3.40. The zero-order valence-electron chi connectivity index (χ0n) is 22.7. The third kappa shape index (κ3) is 6.60. The van der Waals surface area contributed by atoms with E-state index in [1.165, 1.54) is 7.11 Å². The van der Waals surface area contributed by atoms with Crippen LogP contribution in [-0.2, 0) is 23.7 Å². The largest absolute Gasteiger partial charge is 0.459 e. The van der Waals surface area contributed by atoms with Crippen LogP contribution in [0, 0.1) is 20.8 Å². The number of benzene rings is 3. The van der Waals surface area contributed by atoms with Crippen molar-refractivity contribution in [3.8, 4) is 0 Å². The van der Waals surface area contributed by atoms with Crippen molar-refractivity contribution in [1.29, 1.82) is 0 Å². The van der Waals surface area contributed by atoms with Gasteiger partial charge < -0.3 is 23.7 Å². The molecule has 8 nitrogen and oxygen atoms in total.